The van der Waals surface area contributed by atoms with E-state index in [-0.39, 0.29) is 7.25 Å². The SMILES string of the molecule is CCC(C)C1=Cc2c(C(C)CC)cccc2[CH]1[Zr]([Cl])([Cl])([CH]1C(C)=Cc2c(-c3ccc(C4CCCCC4)cc3)cccc21)[SiH](C)C. The zero-order chi connectivity index (χ0) is 32.1. The molecule has 0 spiro atoms. The molecule has 0 radical (unpaired) electrons. The zero-order valence-corrected chi connectivity index (χ0v) is 33.7. The first-order chi connectivity index (χ1) is 21.5. The van der Waals surface area contributed by atoms with Gasteiger partial charge in [0, 0.05) is 0 Å². The molecule has 3 aliphatic carbocycles. The zero-order valence-electron chi connectivity index (χ0n) is 28.6. The molecule has 0 heterocycles. The topological polar surface area (TPSA) is 0 Å². The van der Waals surface area contributed by atoms with Crippen LogP contribution in [0.5, 0.6) is 0 Å². The number of halogens is 2. The van der Waals surface area contributed by atoms with E-state index in [1.807, 2.05) is 0 Å². The molecule has 0 saturated heterocycles. The average molecular weight is 736 g/mol. The summed E-state index contributed by atoms with van der Waals surface area (Å²) in [5.74, 6) is 0.113. The standard InChI is InChI=1S/C22H23.C17H23.C2H7Si.2ClH.Zr/c1-16-14-20-8-5-9-21(22(20)15-16)19-12-10-18(11-13-19)17-6-3-2-4-7-17;1-5-12(3)15-10-14-8-7-9-16(13(4)6-2)17(14)11-15;1-3-2;;;/h5,8-15,17H,2-4,6-7H2,1H3;7-13H,5-6H2,1-4H3;3H,1-2H3;2*1H;/q;;;;;+2/p-2. The van der Waals surface area contributed by atoms with Gasteiger partial charge in [-0.2, -0.15) is 0 Å². The van der Waals surface area contributed by atoms with E-state index in [1.54, 1.807) is 0 Å². The van der Waals surface area contributed by atoms with E-state index in [9.17, 15) is 0 Å². The Labute approximate surface area is 282 Å². The Hall–Kier alpha value is -1.18. The Balaban J connectivity index is 1.48. The van der Waals surface area contributed by atoms with E-state index >= 15 is 0 Å². The molecule has 0 nitrogen and oxygen atoms in total. The van der Waals surface area contributed by atoms with Crippen LogP contribution >= 0.6 is 17.0 Å². The molecule has 45 heavy (non-hydrogen) atoms. The molecular formula is C41H53Cl2SiZr. The predicted molar refractivity (Wildman–Crippen MR) is 200 cm³/mol. The first-order valence-corrected chi connectivity index (χ1v) is 34.1. The van der Waals surface area contributed by atoms with E-state index in [4.69, 9.17) is 17.0 Å². The minimum absolute atomic E-state index is 0.133. The van der Waals surface area contributed by atoms with Gasteiger partial charge in [0.2, 0.25) is 0 Å². The molecule has 6 rings (SSSR count). The van der Waals surface area contributed by atoms with Gasteiger partial charge in [0.15, 0.2) is 0 Å². The molecular weight excluding hydrogens is 683 g/mol. The molecule has 4 atom stereocenters. The van der Waals surface area contributed by atoms with Crippen LogP contribution in [0.2, 0.25) is 13.1 Å². The van der Waals surface area contributed by atoms with Crippen LogP contribution in [0.1, 0.15) is 132 Å². The van der Waals surface area contributed by atoms with Gasteiger partial charge < -0.3 is 0 Å². The van der Waals surface area contributed by atoms with Gasteiger partial charge in [-0.3, -0.25) is 0 Å². The summed E-state index contributed by atoms with van der Waals surface area (Å²) < 4.78 is 0.293. The number of fused-ring (bicyclic) bond motifs is 2. The van der Waals surface area contributed by atoms with Crippen molar-refractivity contribution in [1.82, 2.24) is 0 Å². The molecule has 4 unspecified atom stereocenters. The summed E-state index contributed by atoms with van der Waals surface area (Å²) >= 11 is -4.73. The van der Waals surface area contributed by atoms with Gasteiger partial charge in [-0.1, -0.05) is 0 Å². The molecule has 0 aromatic heterocycles. The normalized spacial score (nSPS) is 22.3. The van der Waals surface area contributed by atoms with Gasteiger partial charge in [0.05, 0.1) is 0 Å². The average Bonchev–Trinajstić information content (AvgIpc) is 3.63. The molecule has 1 fully saturated rings. The number of benzene rings is 3. The van der Waals surface area contributed by atoms with Gasteiger partial charge >= 0.3 is 285 Å². The van der Waals surface area contributed by atoms with E-state index in [1.165, 1.54) is 87.8 Å². The second-order valence-electron chi connectivity index (χ2n) is 15.0. The summed E-state index contributed by atoms with van der Waals surface area (Å²) in [6, 6.07) is 23.5. The first-order valence-electron chi connectivity index (χ1n) is 17.8. The molecule has 0 aliphatic heterocycles. The molecule has 0 bridgehead atoms. The van der Waals surface area contributed by atoms with Crippen LogP contribution in [-0.2, 0) is 15.6 Å². The molecule has 239 valence electrons. The van der Waals surface area contributed by atoms with Gasteiger partial charge in [-0.15, -0.1) is 0 Å². The van der Waals surface area contributed by atoms with Crippen LogP contribution in [0.25, 0.3) is 23.3 Å². The van der Waals surface area contributed by atoms with Gasteiger partial charge in [-0.25, -0.2) is 0 Å². The monoisotopic (exact) mass is 733 g/mol. The Morgan fingerprint density at radius 3 is 2.00 bits per heavy atom. The van der Waals surface area contributed by atoms with Crippen molar-refractivity contribution in [3.8, 4) is 11.1 Å². The van der Waals surface area contributed by atoms with E-state index in [0.29, 0.717) is 11.8 Å². The number of allylic oxidation sites excluding steroid dienone is 2. The van der Waals surface area contributed by atoms with Crippen LogP contribution in [0, 0.1) is 5.92 Å². The van der Waals surface area contributed by atoms with Gasteiger partial charge in [0.25, 0.3) is 0 Å². The molecule has 4 heteroatoms. The van der Waals surface area contributed by atoms with Crippen LogP contribution in [0.4, 0.5) is 0 Å². The van der Waals surface area contributed by atoms with Crippen molar-refractivity contribution in [2.45, 2.75) is 112 Å². The number of hydrogen-bond acceptors (Lipinski definition) is 0. The molecule has 3 aromatic rings. The maximum absolute atomic E-state index is 8.61. The molecule has 3 aliphatic rings. The third-order valence-corrected chi connectivity index (χ3v) is 64.2. The van der Waals surface area contributed by atoms with E-state index < -0.39 is 21.5 Å². The number of rotatable bonds is 9. The Morgan fingerprint density at radius 2 is 1.38 bits per heavy atom. The van der Waals surface area contributed by atoms with Crippen LogP contribution in [-0.4, -0.2) is 5.92 Å². The quantitative estimate of drug-likeness (QED) is 0.192. The van der Waals surface area contributed by atoms with Crippen LogP contribution in [0.3, 0.4) is 0 Å². The Morgan fingerprint density at radius 1 is 0.756 bits per heavy atom. The predicted octanol–water partition coefficient (Wildman–Crippen LogP) is 13.5. The fraction of sp³-hybridized carbons (Fsp3) is 0.463. The van der Waals surface area contributed by atoms with Crippen molar-refractivity contribution in [2.24, 2.45) is 5.92 Å². The summed E-state index contributed by atoms with van der Waals surface area (Å²) in [6.07, 6.45) is 14.0. The third-order valence-electron chi connectivity index (χ3n) is 12.2. The van der Waals surface area contributed by atoms with Gasteiger partial charge in [-0.05, 0) is 0 Å². The second-order valence-corrected chi connectivity index (χ2v) is 57.5. The van der Waals surface area contributed by atoms with Crippen LogP contribution < -0.4 is 0 Å². The van der Waals surface area contributed by atoms with Crippen molar-refractivity contribution < 1.29 is 15.6 Å². The molecule has 0 amide bonds. The maximum atomic E-state index is 8.61. The van der Waals surface area contributed by atoms with Crippen molar-refractivity contribution in [3.05, 3.63) is 105 Å². The fourth-order valence-corrected chi connectivity index (χ4v) is 41.2. The van der Waals surface area contributed by atoms with Crippen molar-refractivity contribution in [2.75, 3.05) is 0 Å². The van der Waals surface area contributed by atoms with E-state index in [2.05, 4.69) is 121 Å². The second kappa shape index (κ2) is 13.0. The Bertz CT molecular complexity index is 1630. The molecule has 1 saturated carbocycles. The number of hydrogen-bond donors (Lipinski definition) is 0. The molecule has 0 N–H and O–H groups in total. The van der Waals surface area contributed by atoms with Crippen molar-refractivity contribution >= 4 is 35.1 Å². The summed E-state index contributed by atoms with van der Waals surface area (Å²) in [7, 11) is 17.2. The molecule has 3 aromatic carbocycles. The van der Waals surface area contributed by atoms with E-state index in [0.717, 1.165) is 18.8 Å². The third kappa shape index (κ3) is 5.61. The van der Waals surface area contributed by atoms with Crippen molar-refractivity contribution in [1.29, 1.82) is 0 Å². The summed E-state index contributed by atoms with van der Waals surface area (Å²) in [4.78, 5) is 0. The fourth-order valence-electron chi connectivity index (χ4n) is 9.12. The summed E-state index contributed by atoms with van der Waals surface area (Å²) in [5.41, 5.74) is 14.1. The summed E-state index contributed by atoms with van der Waals surface area (Å²) in [5, 5.41) is 0. The first kappa shape index (κ1) is 33.7. The van der Waals surface area contributed by atoms with Crippen molar-refractivity contribution in [3.63, 3.8) is 0 Å². The Kier molecular flexibility index (Phi) is 9.76. The van der Waals surface area contributed by atoms with Crippen LogP contribution in [0.15, 0.2) is 71.8 Å². The van der Waals surface area contributed by atoms with Gasteiger partial charge in [0.1, 0.15) is 0 Å². The summed E-state index contributed by atoms with van der Waals surface area (Å²) in [6.45, 7) is 16.7. The minimum atomic E-state index is -4.73.